The molecular weight excluding hydrogens is 338 g/mol. The molecule has 1 aliphatic heterocycles. The van der Waals surface area contributed by atoms with Gasteiger partial charge in [-0.3, -0.25) is 0 Å². The summed E-state index contributed by atoms with van der Waals surface area (Å²) in [6.45, 7) is 1.04. The molecule has 1 heterocycles. The first-order chi connectivity index (χ1) is 10.7. The third kappa shape index (κ3) is 3.58. The number of hydrogen-bond donors (Lipinski definition) is 1. The molecule has 1 aromatic rings. The van der Waals surface area contributed by atoms with Gasteiger partial charge in [0.1, 0.15) is 0 Å². The first-order valence-corrected chi connectivity index (χ1v) is 10.3. The van der Waals surface area contributed by atoms with Gasteiger partial charge in [0.25, 0.3) is 0 Å². The summed E-state index contributed by atoms with van der Waals surface area (Å²) in [5.74, 6) is 0. The Morgan fingerprint density at radius 2 is 1.87 bits per heavy atom. The summed E-state index contributed by atoms with van der Waals surface area (Å²) < 4.78 is 52.7. The van der Waals surface area contributed by atoms with Crippen molar-refractivity contribution in [3.63, 3.8) is 0 Å². The lowest BCUT2D eigenvalue weighted by atomic mass is 10.2. The van der Waals surface area contributed by atoms with E-state index in [9.17, 15) is 16.8 Å². The summed E-state index contributed by atoms with van der Waals surface area (Å²) in [6, 6.07) is 5.45. The number of benzene rings is 1. The Labute approximate surface area is 138 Å². The van der Waals surface area contributed by atoms with Crippen LogP contribution in [-0.4, -0.2) is 65.7 Å². The zero-order chi connectivity index (χ0) is 17.3. The minimum absolute atomic E-state index is 0.0171. The summed E-state index contributed by atoms with van der Waals surface area (Å²) in [6.07, 6.45) is 1.61. The van der Waals surface area contributed by atoms with E-state index in [4.69, 9.17) is 0 Å². The fraction of sp³-hybridized carbons (Fsp3) is 0.571. The highest BCUT2D eigenvalue weighted by atomic mass is 32.2. The third-order valence-corrected chi connectivity index (χ3v) is 7.71. The van der Waals surface area contributed by atoms with E-state index >= 15 is 0 Å². The van der Waals surface area contributed by atoms with Crippen molar-refractivity contribution in [2.45, 2.75) is 28.7 Å². The lowest BCUT2D eigenvalue weighted by molar-refractivity contribution is 0.379. The van der Waals surface area contributed by atoms with E-state index in [1.54, 1.807) is 7.05 Å². The van der Waals surface area contributed by atoms with Gasteiger partial charge in [-0.05, 0) is 38.1 Å². The summed E-state index contributed by atoms with van der Waals surface area (Å²) in [4.78, 5) is -0.00336. The van der Waals surface area contributed by atoms with Crippen molar-refractivity contribution in [2.24, 2.45) is 0 Å². The lowest BCUT2D eigenvalue weighted by Gasteiger charge is -2.24. The highest BCUT2D eigenvalue weighted by molar-refractivity contribution is 7.90. The van der Waals surface area contributed by atoms with E-state index in [1.807, 2.05) is 0 Å². The average molecular weight is 361 g/mol. The largest absolute Gasteiger partial charge is 0.318 e. The van der Waals surface area contributed by atoms with Gasteiger partial charge in [-0.2, -0.15) is 4.31 Å². The van der Waals surface area contributed by atoms with E-state index in [1.165, 1.54) is 42.7 Å². The molecule has 0 spiro atoms. The van der Waals surface area contributed by atoms with Crippen molar-refractivity contribution < 1.29 is 16.8 Å². The molecule has 1 saturated heterocycles. The molecule has 1 atom stereocenters. The second-order valence-electron chi connectivity index (χ2n) is 5.73. The Bertz CT molecular complexity index is 760. The van der Waals surface area contributed by atoms with E-state index in [-0.39, 0.29) is 15.8 Å². The van der Waals surface area contributed by atoms with Crippen LogP contribution in [0.4, 0.5) is 0 Å². The fourth-order valence-corrected chi connectivity index (χ4v) is 5.47. The number of hydrogen-bond acceptors (Lipinski definition) is 5. The number of nitrogens with one attached hydrogen (secondary N) is 1. The van der Waals surface area contributed by atoms with Crippen LogP contribution >= 0.6 is 0 Å². The summed E-state index contributed by atoms with van der Waals surface area (Å²) in [5, 5.41) is 3.01. The van der Waals surface area contributed by atoms with Crippen molar-refractivity contribution in [1.29, 1.82) is 0 Å². The van der Waals surface area contributed by atoms with Crippen LogP contribution in [0.2, 0.25) is 0 Å². The van der Waals surface area contributed by atoms with E-state index < -0.39 is 20.0 Å². The van der Waals surface area contributed by atoms with Crippen LogP contribution in [0.5, 0.6) is 0 Å². The minimum atomic E-state index is -3.71. The second-order valence-corrected chi connectivity index (χ2v) is 9.77. The molecule has 23 heavy (non-hydrogen) atoms. The highest BCUT2D eigenvalue weighted by Gasteiger charge is 2.35. The molecule has 130 valence electrons. The van der Waals surface area contributed by atoms with E-state index in [0.717, 1.165) is 17.1 Å². The van der Waals surface area contributed by atoms with Crippen molar-refractivity contribution >= 4 is 20.0 Å². The molecule has 1 N–H and O–H groups in total. The first-order valence-electron chi connectivity index (χ1n) is 7.40. The molecule has 1 unspecified atom stereocenters. The Hall–Kier alpha value is -1.00. The molecule has 1 aromatic carbocycles. The maximum atomic E-state index is 12.9. The normalized spacial score (nSPS) is 20.3. The predicted octanol–water partition coefficient (Wildman–Crippen LogP) is 0.309. The Morgan fingerprint density at radius 1 is 1.22 bits per heavy atom. The summed E-state index contributed by atoms with van der Waals surface area (Å²) >= 11 is 0. The zero-order valence-electron chi connectivity index (χ0n) is 13.6. The van der Waals surface area contributed by atoms with Crippen LogP contribution in [0.3, 0.4) is 0 Å². The second kappa shape index (κ2) is 6.86. The molecular formula is C14H23N3O4S2. The van der Waals surface area contributed by atoms with Gasteiger partial charge in [0.05, 0.1) is 9.79 Å². The van der Waals surface area contributed by atoms with Gasteiger partial charge in [0.2, 0.25) is 20.0 Å². The summed E-state index contributed by atoms with van der Waals surface area (Å²) in [7, 11) is -2.76. The zero-order valence-corrected chi connectivity index (χ0v) is 15.2. The van der Waals surface area contributed by atoms with Gasteiger partial charge in [-0.15, -0.1) is 0 Å². The van der Waals surface area contributed by atoms with E-state index in [0.29, 0.717) is 13.1 Å². The Morgan fingerprint density at radius 3 is 2.48 bits per heavy atom. The first kappa shape index (κ1) is 18.3. The molecule has 0 aliphatic carbocycles. The van der Waals surface area contributed by atoms with Crippen molar-refractivity contribution in [2.75, 3.05) is 34.2 Å². The summed E-state index contributed by atoms with van der Waals surface area (Å²) in [5.41, 5.74) is 0. The number of rotatable bonds is 6. The number of sulfonamides is 2. The third-order valence-electron chi connectivity index (χ3n) is 3.95. The maximum absolute atomic E-state index is 12.9. The fourth-order valence-electron chi connectivity index (χ4n) is 2.71. The van der Waals surface area contributed by atoms with Crippen molar-refractivity contribution in [3.05, 3.63) is 24.3 Å². The molecule has 1 aliphatic rings. The maximum Gasteiger partial charge on any atom is 0.243 e. The van der Waals surface area contributed by atoms with Crippen LogP contribution < -0.4 is 5.32 Å². The van der Waals surface area contributed by atoms with Crippen LogP contribution in [-0.2, 0) is 20.0 Å². The molecule has 2 rings (SSSR count). The van der Waals surface area contributed by atoms with Gasteiger partial charge in [0.15, 0.2) is 0 Å². The van der Waals surface area contributed by atoms with Gasteiger partial charge in [-0.1, -0.05) is 6.07 Å². The van der Waals surface area contributed by atoms with Crippen LogP contribution in [0.25, 0.3) is 0 Å². The smallest absolute Gasteiger partial charge is 0.243 e. The van der Waals surface area contributed by atoms with Crippen LogP contribution in [0.15, 0.2) is 34.1 Å². The standard InChI is InChI=1S/C14H23N3O4S2/c1-15-11-12-6-5-9-17(12)23(20,21)14-8-4-7-13(10-14)22(18,19)16(2)3/h4,7-8,10,12,15H,5-6,9,11H2,1-3H3. The van der Waals surface area contributed by atoms with Crippen LogP contribution in [0, 0.1) is 0 Å². The molecule has 0 saturated carbocycles. The van der Waals surface area contributed by atoms with Crippen LogP contribution in [0.1, 0.15) is 12.8 Å². The highest BCUT2D eigenvalue weighted by Crippen LogP contribution is 2.27. The van der Waals surface area contributed by atoms with Crippen molar-refractivity contribution in [1.82, 2.24) is 13.9 Å². The number of nitrogens with zero attached hydrogens (tertiary/aromatic N) is 2. The monoisotopic (exact) mass is 361 g/mol. The molecule has 0 aromatic heterocycles. The minimum Gasteiger partial charge on any atom is -0.318 e. The molecule has 0 radical (unpaired) electrons. The van der Waals surface area contributed by atoms with Gasteiger partial charge < -0.3 is 5.32 Å². The van der Waals surface area contributed by atoms with Gasteiger partial charge in [0, 0.05) is 33.2 Å². The molecule has 0 bridgehead atoms. The molecule has 1 fully saturated rings. The lowest BCUT2D eigenvalue weighted by Crippen LogP contribution is -2.40. The SMILES string of the molecule is CNCC1CCCN1S(=O)(=O)c1cccc(S(=O)(=O)N(C)C)c1. The van der Waals surface area contributed by atoms with Crippen molar-refractivity contribution in [3.8, 4) is 0 Å². The Kier molecular flexibility index (Phi) is 5.47. The molecule has 0 amide bonds. The quantitative estimate of drug-likeness (QED) is 0.788. The number of likely N-dealkylation sites (N-methyl/N-ethyl adjacent to an activating group) is 1. The predicted molar refractivity (Wildman–Crippen MR) is 88.2 cm³/mol. The average Bonchev–Trinajstić information content (AvgIpc) is 2.96. The van der Waals surface area contributed by atoms with Gasteiger partial charge >= 0.3 is 0 Å². The molecule has 9 heteroatoms. The Balaban J connectivity index is 2.42. The van der Waals surface area contributed by atoms with Gasteiger partial charge in [-0.25, -0.2) is 21.1 Å². The van der Waals surface area contributed by atoms with E-state index in [2.05, 4.69) is 5.32 Å². The molecule has 7 nitrogen and oxygen atoms in total. The topological polar surface area (TPSA) is 86.8 Å².